The van der Waals surface area contributed by atoms with Gasteiger partial charge in [-0.15, -0.1) is 0 Å². The molecular formula is C17H20BrNS. The molecular weight excluding hydrogens is 330 g/mol. The summed E-state index contributed by atoms with van der Waals surface area (Å²) in [6, 6.07) is 17.0. The fourth-order valence-corrected chi connectivity index (χ4v) is 3.40. The molecule has 0 radical (unpaired) electrons. The van der Waals surface area contributed by atoms with Crippen molar-refractivity contribution in [2.24, 2.45) is 5.92 Å². The second-order valence-electron chi connectivity index (χ2n) is 5.19. The molecule has 3 heteroatoms. The average Bonchev–Trinajstić information content (AvgIpc) is 2.42. The maximum Gasteiger partial charge on any atom is 0.0216 e. The van der Waals surface area contributed by atoms with E-state index in [1.807, 2.05) is 11.8 Å². The Morgan fingerprint density at radius 2 is 1.85 bits per heavy atom. The number of benzene rings is 2. The van der Waals surface area contributed by atoms with E-state index >= 15 is 0 Å². The van der Waals surface area contributed by atoms with E-state index in [0.717, 1.165) is 17.6 Å². The van der Waals surface area contributed by atoms with Gasteiger partial charge in [0.15, 0.2) is 0 Å². The van der Waals surface area contributed by atoms with Crippen LogP contribution in [0.5, 0.6) is 0 Å². The topological polar surface area (TPSA) is 12.0 Å². The molecule has 0 amide bonds. The molecule has 0 unspecified atom stereocenters. The van der Waals surface area contributed by atoms with Crippen LogP contribution in [-0.2, 0) is 6.54 Å². The smallest absolute Gasteiger partial charge is 0.0216 e. The third-order valence-corrected chi connectivity index (χ3v) is 4.47. The zero-order valence-electron chi connectivity index (χ0n) is 11.9. The van der Waals surface area contributed by atoms with Gasteiger partial charge in [0, 0.05) is 20.8 Å². The molecule has 0 saturated heterocycles. The van der Waals surface area contributed by atoms with Crippen LogP contribution in [0, 0.1) is 5.92 Å². The molecule has 0 aliphatic carbocycles. The number of nitrogens with one attached hydrogen (secondary N) is 1. The summed E-state index contributed by atoms with van der Waals surface area (Å²) in [6.45, 7) is 6.43. The first-order valence-electron chi connectivity index (χ1n) is 6.87. The summed E-state index contributed by atoms with van der Waals surface area (Å²) >= 11 is 5.38. The van der Waals surface area contributed by atoms with Crippen molar-refractivity contribution in [1.82, 2.24) is 5.32 Å². The highest BCUT2D eigenvalue weighted by Crippen LogP contribution is 2.32. The molecule has 0 saturated carbocycles. The van der Waals surface area contributed by atoms with Gasteiger partial charge in [-0.2, -0.15) is 0 Å². The van der Waals surface area contributed by atoms with Gasteiger partial charge in [0.05, 0.1) is 0 Å². The Hall–Kier alpha value is -0.770. The molecule has 0 bridgehead atoms. The summed E-state index contributed by atoms with van der Waals surface area (Å²) < 4.78 is 1.13. The van der Waals surface area contributed by atoms with Crippen LogP contribution >= 0.6 is 27.7 Å². The first-order chi connectivity index (χ1) is 9.65. The summed E-state index contributed by atoms with van der Waals surface area (Å²) in [6.07, 6.45) is 0. The van der Waals surface area contributed by atoms with E-state index in [2.05, 4.69) is 83.6 Å². The van der Waals surface area contributed by atoms with Crippen LogP contribution in [-0.4, -0.2) is 6.54 Å². The minimum Gasteiger partial charge on any atom is -0.312 e. The van der Waals surface area contributed by atoms with Crippen molar-refractivity contribution in [2.45, 2.75) is 30.2 Å². The monoisotopic (exact) mass is 349 g/mol. The van der Waals surface area contributed by atoms with Crippen LogP contribution < -0.4 is 5.32 Å². The first-order valence-corrected chi connectivity index (χ1v) is 8.48. The van der Waals surface area contributed by atoms with Crippen LogP contribution in [0.4, 0.5) is 0 Å². The lowest BCUT2D eigenvalue weighted by molar-refractivity contribution is 0.550. The van der Waals surface area contributed by atoms with Gasteiger partial charge in [-0.3, -0.25) is 0 Å². The van der Waals surface area contributed by atoms with Gasteiger partial charge in [-0.25, -0.2) is 0 Å². The number of halogens is 1. The normalized spacial score (nSPS) is 11.0. The highest BCUT2D eigenvalue weighted by Gasteiger charge is 2.06. The summed E-state index contributed by atoms with van der Waals surface area (Å²) in [7, 11) is 0. The predicted molar refractivity (Wildman–Crippen MR) is 91.3 cm³/mol. The van der Waals surface area contributed by atoms with E-state index in [-0.39, 0.29) is 0 Å². The average molecular weight is 350 g/mol. The van der Waals surface area contributed by atoms with Gasteiger partial charge in [0.2, 0.25) is 0 Å². The van der Waals surface area contributed by atoms with E-state index < -0.39 is 0 Å². The van der Waals surface area contributed by atoms with Crippen LogP contribution in [0.15, 0.2) is 62.8 Å². The van der Waals surface area contributed by atoms with Crippen LogP contribution in [0.3, 0.4) is 0 Å². The Kier molecular flexibility index (Phi) is 6.14. The van der Waals surface area contributed by atoms with E-state index in [0.29, 0.717) is 5.92 Å². The second kappa shape index (κ2) is 7.87. The zero-order valence-corrected chi connectivity index (χ0v) is 14.3. The molecule has 0 spiro atoms. The summed E-state index contributed by atoms with van der Waals surface area (Å²) in [5.41, 5.74) is 1.35. The molecule has 0 heterocycles. The van der Waals surface area contributed by atoms with Crippen molar-refractivity contribution in [2.75, 3.05) is 6.54 Å². The molecule has 2 rings (SSSR count). The number of rotatable bonds is 6. The van der Waals surface area contributed by atoms with Crippen LogP contribution in [0.1, 0.15) is 19.4 Å². The Morgan fingerprint density at radius 3 is 2.55 bits per heavy atom. The fourth-order valence-electron chi connectivity index (χ4n) is 1.88. The lowest BCUT2D eigenvalue weighted by Crippen LogP contribution is -2.19. The Bertz CT molecular complexity index is 540. The molecule has 20 heavy (non-hydrogen) atoms. The largest absolute Gasteiger partial charge is 0.312 e. The van der Waals surface area contributed by atoms with Crippen molar-refractivity contribution in [3.05, 3.63) is 58.6 Å². The van der Waals surface area contributed by atoms with Gasteiger partial charge >= 0.3 is 0 Å². The maximum absolute atomic E-state index is 3.57. The molecule has 106 valence electrons. The fraction of sp³-hybridized carbons (Fsp3) is 0.294. The molecule has 2 aromatic rings. The molecule has 0 aromatic heterocycles. The van der Waals surface area contributed by atoms with Gasteiger partial charge < -0.3 is 5.32 Å². The Balaban J connectivity index is 2.11. The molecule has 2 aromatic carbocycles. The van der Waals surface area contributed by atoms with Crippen molar-refractivity contribution >= 4 is 27.7 Å². The molecule has 1 nitrogen and oxygen atoms in total. The summed E-state index contributed by atoms with van der Waals surface area (Å²) in [5.74, 6) is 0.677. The highest BCUT2D eigenvalue weighted by molar-refractivity contribution is 9.10. The minimum absolute atomic E-state index is 0.677. The molecule has 0 aliphatic rings. The predicted octanol–water partition coefficient (Wildman–Crippen LogP) is 5.35. The molecule has 0 atom stereocenters. The SMILES string of the molecule is CC(C)CNCc1ccc(Br)cc1Sc1ccccc1. The molecule has 0 fully saturated rings. The van der Waals surface area contributed by atoms with Gasteiger partial charge in [0.1, 0.15) is 0 Å². The van der Waals surface area contributed by atoms with Crippen LogP contribution in [0.2, 0.25) is 0 Å². The minimum atomic E-state index is 0.677. The summed E-state index contributed by atoms with van der Waals surface area (Å²) in [5, 5.41) is 3.52. The number of hydrogen-bond acceptors (Lipinski definition) is 2. The third-order valence-electron chi connectivity index (χ3n) is 2.87. The quantitative estimate of drug-likeness (QED) is 0.754. The van der Waals surface area contributed by atoms with E-state index in [9.17, 15) is 0 Å². The Labute approximate surface area is 134 Å². The first kappa shape index (κ1) is 15.6. The third kappa shape index (κ3) is 4.97. The summed E-state index contributed by atoms with van der Waals surface area (Å²) in [4.78, 5) is 2.58. The molecule has 0 aliphatic heterocycles. The van der Waals surface area contributed by atoms with E-state index in [4.69, 9.17) is 0 Å². The molecule has 1 N–H and O–H groups in total. The highest BCUT2D eigenvalue weighted by atomic mass is 79.9. The lowest BCUT2D eigenvalue weighted by Gasteiger charge is -2.12. The van der Waals surface area contributed by atoms with Gasteiger partial charge in [-0.1, -0.05) is 65.8 Å². The van der Waals surface area contributed by atoms with Crippen molar-refractivity contribution in [1.29, 1.82) is 0 Å². The standard InChI is InChI=1S/C17H20BrNS/c1-13(2)11-19-12-14-8-9-15(18)10-17(14)20-16-6-4-3-5-7-16/h3-10,13,19H,11-12H2,1-2H3. The lowest BCUT2D eigenvalue weighted by atomic mass is 10.2. The van der Waals surface area contributed by atoms with E-state index in [1.165, 1.54) is 15.4 Å². The van der Waals surface area contributed by atoms with Crippen molar-refractivity contribution in [3.63, 3.8) is 0 Å². The second-order valence-corrected chi connectivity index (χ2v) is 7.22. The van der Waals surface area contributed by atoms with Gasteiger partial charge in [0.25, 0.3) is 0 Å². The van der Waals surface area contributed by atoms with Crippen molar-refractivity contribution < 1.29 is 0 Å². The Morgan fingerprint density at radius 1 is 1.10 bits per heavy atom. The zero-order chi connectivity index (χ0) is 14.4. The van der Waals surface area contributed by atoms with Crippen LogP contribution in [0.25, 0.3) is 0 Å². The van der Waals surface area contributed by atoms with Crippen molar-refractivity contribution in [3.8, 4) is 0 Å². The van der Waals surface area contributed by atoms with E-state index in [1.54, 1.807) is 0 Å². The van der Waals surface area contributed by atoms with Gasteiger partial charge in [-0.05, 0) is 42.3 Å². The number of hydrogen-bond donors (Lipinski definition) is 1. The maximum atomic E-state index is 3.57.